The van der Waals surface area contributed by atoms with Crippen molar-refractivity contribution in [2.75, 3.05) is 6.61 Å². The van der Waals surface area contributed by atoms with Crippen molar-refractivity contribution in [1.82, 2.24) is 0 Å². The Labute approximate surface area is 131 Å². The molecule has 0 N–H and O–H groups in total. The zero-order valence-corrected chi connectivity index (χ0v) is 12.9. The number of esters is 1. The maximum absolute atomic E-state index is 11.4. The van der Waals surface area contributed by atoms with E-state index in [4.69, 9.17) is 9.47 Å². The van der Waals surface area contributed by atoms with Crippen LogP contribution in [0.2, 0.25) is 0 Å². The van der Waals surface area contributed by atoms with Gasteiger partial charge in [-0.2, -0.15) is 0 Å². The molecule has 0 amide bonds. The molecule has 0 heterocycles. The van der Waals surface area contributed by atoms with Crippen molar-refractivity contribution in [2.45, 2.75) is 20.5 Å². The Morgan fingerprint density at radius 2 is 1.73 bits per heavy atom. The molecule has 3 heteroatoms. The van der Waals surface area contributed by atoms with E-state index in [0.717, 1.165) is 22.4 Å². The Kier molecular flexibility index (Phi) is 5.78. The molecule has 2 rings (SSSR count). The van der Waals surface area contributed by atoms with Gasteiger partial charge in [-0.1, -0.05) is 42.5 Å². The van der Waals surface area contributed by atoms with E-state index in [2.05, 4.69) is 0 Å². The Hall–Kier alpha value is -2.55. The third-order valence-electron chi connectivity index (χ3n) is 3.18. The number of rotatable bonds is 6. The van der Waals surface area contributed by atoms with Gasteiger partial charge in [0.25, 0.3) is 0 Å². The molecular formula is C19H20O3. The average Bonchev–Trinajstić information content (AvgIpc) is 2.54. The molecule has 2 aromatic carbocycles. The third kappa shape index (κ3) is 4.77. The number of benzene rings is 2. The summed E-state index contributed by atoms with van der Waals surface area (Å²) in [6.45, 7) is 4.60. The van der Waals surface area contributed by atoms with Crippen LogP contribution < -0.4 is 4.74 Å². The topological polar surface area (TPSA) is 35.5 Å². The standard InChI is InChI=1S/C19H20O3/c1-3-21-19(20)13-15(2)17-9-11-18(12-10-17)22-14-16-7-5-4-6-8-16/h4-13H,3,14H2,1-2H3/b15-13-. The van der Waals surface area contributed by atoms with Crippen LogP contribution in [-0.2, 0) is 16.1 Å². The van der Waals surface area contributed by atoms with Crippen LogP contribution in [0.4, 0.5) is 0 Å². The molecule has 0 unspecified atom stereocenters. The van der Waals surface area contributed by atoms with Gasteiger partial charge >= 0.3 is 5.97 Å². The molecule has 0 fully saturated rings. The fraction of sp³-hybridized carbons (Fsp3) is 0.211. The number of allylic oxidation sites excluding steroid dienone is 1. The van der Waals surface area contributed by atoms with E-state index >= 15 is 0 Å². The lowest BCUT2D eigenvalue weighted by molar-refractivity contribution is -0.137. The summed E-state index contributed by atoms with van der Waals surface area (Å²) >= 11 is 0. The second-order valence-corrected chi connectivity index (χ2v) is 4.88. The molecule has 0 aliphatic heterocycles. The summed E-state index contributed by atoms with van der Waals surface area (Å²) in [6, 6.07) is 17.7. The molecule has 114 valence electrons. The number of hydrogen-bond donors (Lipinski definition) is 0. The van der Waals surface area contributed by atoms with E-state index in [1.807, 2.05) is 61.5 Å². The van der Waals surface area contributed by atoms with E-state index in [0.29, 0.717) is 13.2 Å². The summed E-state index contributed by atoms with van der Waals surface area (Å²) in [5.41, 5.74) is 2.97. The van der Waals surface area contributed by atoms with E-state index < -0.39 is 0 Å². The predicted molar refractivity (Wildman–Crippen MR) is 87.5 cm³/mol. The average molecular weight is 296 g/mol. The smallest absolute Gasteiger partial charge is 0.331 e. The van der Waals surface area contributed by atoms with E-state index in [1.165, 1.54) is 6.08 Å². The summed E-state index contributed by atoms with van der Waals surface area (Å²) in [7, 11) is 0. The summed E-state index contributed by atoms with van der Waals surface area (Å²) < 4.78 is 10.6. The van der Waals surface area contributed by atoms with Crippen LogP contribution in [0.1, 0.15) is 25.0 Å². The van der Waals surface area contributed by atoms with Crippen LogP contribution in [0.3, 0.4) is 0 Å². The lowest BCUT2D eigenvalue weighted by atomic mass is 10.1. The quantitative estimate of drug-likeness (QED) is 0.591. The summed E-state index contributed by atoms with van der Waals surface area (Å²) in [6.07, 6.45) is 1.50. The van der Waals surface area contributed by atoms with Crippen molar-refractivity contribution in [3.63, 3.8) is 0 Å². The number of carbonyl (C=O) groups excluding carboxylic acids is 1. The van der Waals surface area contributed by atoms with Crippen molar-refractivity contribution in [3.8, 4) is 5.75 Å². The fourth-order valence-electron chi connectivity index (χ4n) is 2.00. The molecule has 0 aromatic heterocycles. The molecule has 0 bridgehead atoms. The Balaban J connectivity index is 1.96. The van der Waals surface area contributed by atoms with E-state index in [9.17, 15) is 4.79 Å². The first-order valence-corrected chi connectivity index (χ1v) is 7.31. The molecule has 22 heavy (non-hydrogen) atoms. The minimum absolute atomic E-state index is 0.315. The van der Waals surface area contributed by atoms with Gasteiger partial charge in [-0.25, -0.2) is 4.79 Å². The van der Waals surface area contributed by atoms with Crippen LogP contribution in [0.5, 0.6) is 5.75 Å². The van der Waals surface area contributed by atoms with Gasteiger partial charge in [-0.15, -0.1) is 0 Å². The summed E-state index contributed by atoms with van der Waals surface area (Å²) in [5, 5.41) is 0. The first-order valence-electron chi connectivity index (χ1n) is 7.31. The van der Waals surface area contributed by atoms with Gasteiger partial charge in [-0.05, 0) is 42.7 Å². The van der Waals surface area contributed by atoms with Crippen molar-refractivity contribution >= 4 is 11.5 Å². The Morgan fingerprint density at radius 3 is 2.36 bits per heavy atom. The molecule has 0 spiro atoms. The van der Waals surface area contributed by atoms with Gasteiger partial charge in [-0.3, -0.25) is 0 Å². The minimum atomic E-state index is -0.315. The van der Waals surface area contributed by atoms with Crippen LogP contribution in [-0.4, -0.2) is 12.6 Å². The molecule has 0 radical (unpaired) electrons. The maximum atomic E-state index is 11.4. The fourth-order valence-corrected chi connectivity index (χ4v) is 2.00. The summed E-state index contributed by atoms with van der Waals surface area (Å²) in [4.78, 5) is 11.4. The zero-order chi connectivity index (χ0) is 15.8. The van der Waals surface area contributed by atoms with Crippen molar-refractivity contribution in [2.24, 2.45) is 0 Å². The van der Waals surface area contributed by atoms with Gasteiger partial charge < -0.3 is 9.47 Å². The van der Waals surface area contributed by atoms with E-state index in [1.54, 1.807) is 6.92 Å². The van der Waals surface area contributed by atoms with Crippen LogP contribution >= 0.6 is 0 Å². The minimum Gasteiger partial charge on any atom is -0.489 e. The number of hydrogen-bond acceptors (Lipinski definition) is 3. The molecule has 0 atom stereocenters. The van der Waals surface area contributed by atoms with Gasteiger partial charge in [0.2, 0.25) is 0 Å². The zero-order valence-electron chi connectivity index (χ0n) is 12.9. The second-order valence-electron chi connectivity index (χ2n) is 4.88. The van der Waals surface area contributed by atoms with Crippen molar-refractivity contribution < 1.29 is 14.3 Å². The highest BCUT2D eigenvalue weighted by Crippen LogP contribution is 2.19. The highest BCUT2D eigenvalue weighted by molar-refractivity contribution is 5.90. The Bertz CT molecular complexity index is 627. The lowest BCUT2D eigenvalue weighted by Gasteiger charge is -2.08. The normalized spacial score (nSPS) is 11.1. The summed E-state index contributed by atoms with van der Waals surface area (Å²) in [5.74, 6) is 0.487. The highest BCUT2D eigenvalue weighted by Gasteiger charge is 2.02. The van der Waals surface area contributed by atoms with Crippen LogP contribution in [0.15, 0.2) is 60.7 Å². The van der Waals surface area contributed by atoms with Gasteiger partial charge in [0.05, 0.1) is 6.61 Å². The molecule has 3 nitrogen and oxygen atoms in total. The molecule has 0 aliphatic rings. The van der Waals surface area contributed by atoms with Crippen LogP contribution in [0, 0.1) is 0 Å². The second kappa shape index (κ2) is 8.03. The highest BCUT2D eigenvalue weighted by atomic mass is 16.5. The number of carbonyl (C=O) groups is 1. The van der Waals surface area contributed by atoms with Crippen molar-refractivity contribution in [1.29, 1.82) is 0 Å². The van der Waals surface area contributed by atoms with Crippen LogP contribution in [0.25, 0.3) is 5.57 Å². The molecule has 0 saturated heterocycles. The first-order chi connectivity index (χ1) is 10.7. The van der Waals surface area contributed by atoms with E-state index in [-0.39, 0.29) is 5.97 Å². The molecular weight excluding hydrogens is 276 g/mol. The monoisotopic (exact) mass is 296 g/mol. The van der Waals surface area contributed by atoms with Gasteiger partial charge in [0.15, 0.2) is 0 Å². The largest absolute Gasteiger partial charge is 0.489 e. The van der Waals surface area contributed by atoms with Gasteiger partial charge in [0.1, 0.15) is 12.4 Å². The lowest BCUT2D eigenvalue weighted by Crippen LogP contribution is -2.00. The first kappa shape index (κ1) is 15.8. The molecule has 0 saturated carbocycles. The predicted octanol–water partition coefficient (Wildman–Crippen LogP) is 4.23. The molecule has 2 aromatic rings. The maximum Gasteiger partial charge on any atom is 0.331 e. The molecule has 0 aliphatic carbocycles. The SMILES string of the molecule is CCOC(=O)/C=C(/C)c1ccc(OCc2ccccc2)cc1. The van der Waals surface area contributed by atoms with Crippen molar-refractivity contribution in [3.05, 3.63) is 71.8 Å². The third-order valence-corrected chi connectivity index (χ3v) is 3.18. The number of ether oxygens (including phenoxy) is 2. The van der Waals surface area contributed by atoms with Gasteiger partial charge in [0, 0.05) is 6.08 Å². The Morgan fingerprint density at radius 1 is 1.05 bits per heavy atom.